The topological polar surface area (TPSA) is 9.23 Å². The summed E-state index contributed by atoms with van der Waals surface area (Å²) in [5.74, 6) is 2.67. The summed E-state index contributed by atoms with van der Waals surface area (Å²) in [5.41, 5.74) is 5.24. The molecule has 1 saturated carbocycles. The molecular weight excluding hydrogens is 380 g/mol. The van der Waals surface area contributed by atoms with Gasteiger partial charge in [0.05, 0.1) is 8.07 Å². The maximum atomic E-state index is 6.52. The third-order valence-electron chi connectivity index (χ3n) is 7.68. The molecule has 1 nitrogen and oxygen atoms in total. The maximum absolute atomic E-state index is 6.52. The van der Waals surface area contributed by atoms with Crippen LogP contribution in [0.4, 0.5) is 0 Å². The van der Waals surface area contributed by atoms with E-state index in [4.69, 9.17) is 4.74 Å². The molecular formula is C28H42OSi. The molecule has 1 aromatic carbocycles. The van der Waals surface area contributed by atoms with Gasteiger partial charge in [-0.1, -0.05) is 108 Å². The molecule has 164 valence electrons. The predicted molar refractivity (Wildman–Crippen MR) is 135 cm³/mol. The summed E-state index contributed by atoms with van der Waals surface area (Å²) in [5, 5.41) is 1.56. The van der Waals surface area contributed by atoms with E-state index < -0.39 is 8.07 Å². The van der Waals surface area contributed by atoms with Crippen LogP contribution in [0.3, 0.4) is 0 Å². The Kier molecular flexibility index (Phi) is 6.86. The van der Waals surface area contributed by atoms with E-state index in [1.165, 1.54) is 41.8 Å². The minimum atomic E-state index is -1.86. The fourth-order valence-corrected chi connectivity index (χ4v) is 12.1. The van der Waals surface area contributed by atoms with E-state index in [2.05, 4.69) is 85.4 Å². The van der Waals surface area contributed by atoms with E-state index in [-0.39, 0.29) is 5.41 Å². The Morgan fingerprint density at radius 3 is 2.50 bits per heavy atom. The lowest BCUT2D eigenvalue weighted by Gasteiger charge is -2.42. The van der Waals surface area contributed by atoms with Crippen LogP contribution in [0, 0.1) is 18.8 Å². The molecule has 0 aliphatic heterocycles. The molecule has 3 atom stereocenters. The quantitative estimate of drug-likeness (QED) is 0.327. The Bertz CT molecular complexity index is 835. The Labute approximate surface area is 186 Å². The summed E-state index contributed by atoms with van der Waals surface area (Å²) in [7, 11) is -1.86. The predicted octanol–water partition coefficient (Wildman–Crippen LogP) is 7.47. The summed E-state index contributed by atoms with van der Waals surface area (Å²) in [6.45, 7) is 21.1. The van der Waals surface area contributed by atoms with Crippen LogP contribution in [0.15, 0.2) is 48.6 Å². The van der Waals surface area contributed by atoms with Gasteiger partial charge in [-0.3, -0.25) is 0 Å². The lowest BCUT2D eigenvalue weighted by atomic mass is 9.85. The van der Waals surface area contributed by atoms with E-state index in [1.54, 1.807) is 10.8 Å². The van der Waals surface area contributed by atoms with Gasteiger partial charge in [-0.25, -0.2) is 0 Å². The first kappa shape index (κ1) is 23.1. The molecule has 3 rings (SSSR count). The minimum absolute atomic E-state index is 0.0512. The van der Waals surface area contributed by atoms with Gasteiger partial charge in [0.15, 0.2) is 0 Å². The Morgan fingerprint density at radius 1 is 1.20 bits per heavy atom. The lowest BCUT2D eigenvalue weighted by Crippen LogP contribution is -2.53. The summed E-state index contributed by atoms with van der Waals surface area (Å²) in [6.07, 6.45) is 11.6. The second-order valence-electron chi connectivity index (χ2n) is 10.6. The number of benzene rings is 1. The van der Waals surface area contributed by atoms with Crippen LogP contribution in [0.2, 0.25) is 17.6 Å². The van der Waals surface area contributed by atoms with Crippen molar-refractivity contribution < 1.29 is 4.74 Å². The highest BCUT2D eigenvalue weighted by Gasteiger charge is 2.51. The van der Waals surface area contributed by atoms with Crippen LogP contribution in [0.5, 0.6) is 5.75 Å². The second kappa shape index (κ2) is 8.90. The molecule has 2 aliphatic rings. The van der Waals surface area contributed by atoms with Crippen molar-refractivity contribution in [1.29, 1.82) is 0 Å². The van der Waals surface area contributed by atoms with Gasteiger partial charge in [0.1, 0.15) is 12.4 Å². The van der Waals surface area contributed by atoms with Crippen molar-refractivity contribution in [3.05, 3.63) is 59.7 Å². The van der Waals surface area contributed by atoms with Crippen LogP contribution in [-0.2, 0) is 5.41 Å². The number of hydrogen-bond donors (Lipinski definition) is 0. The highest BCUT2D eigenvalue weighted by molar-refractivity contribution is 6.94. The Balaban J connectivity index is 2.28. The van der Waals surface area contributed by atoms with Crippen molar-refractivity contribution >= 4 is 13.3 Å². The van der Waals surface area contributed by atoms with Crippen LogP contribution >= 0.6 is 0 Å². The number of aryl methyl sites for hydroxylation is 1. The van der Waals surface area contributed by atoms with Gasteiger partial charge in [-0.15, -0.1) is 0 Å². The highest BCUT2D eigenvalue weighted by Crippen LogP contribution is 2.55. The van der Waals surface area contributed by atoms with Crippen molar-refractivity contribution in [2.24, 2.45) is 11.8 Å². The van der Waals surface area contributed by atoms with E-state index in [9.17, 15) is 0 Å². The Hall–Kier alpha value is -1.54. The fourth-order valence-electron chi connectivity index (χ4n) is 6.30. The number of rotatable bonds is 7. The zero-order valence-electron chi connectivity index (χ0n) is 20.3. The average molecular weight is 423 g/mol. The molecule has 2 aliphatic carbocycles. The molecule has 0 bridgehead atoms. The van der Waals surface area contributed by atoms with Crippen molar-refractivity contribution in [2.75, 3.05) is 6.61 Å². The largest absolute Gasteiger partial charge is 0.489 e. The fraction of sp³-hybridized carbons (Fsp3) is 0.571. The number of fused-ring (bicyclic) bond motifs is 1. The average Bonchev–Trinajstić information content (AvgIpc) is 3.04. The van der Waals surface area contributed by atoms with Gasteiger partial charge in [0.2, 0.25) is 0 Å². The summed E-state index contributed by atoms with van der Waals surface area (Å²) in [6, 6.07) is 7.38. The third-order valence-corrected chi connectivity index (χ3v) is 13.7. The van der Waals surface area contributed by atoms with E-state index >= 15 is 0 Å². The first-order chi connectivity index (χ1) is 14.2. The van der Waals surface area contributed by atoms with E-state index in [0.717, 1.165) is 11.8 Å². The zero-order chi connectivity index (χ0) is 22.1. The molecule has 0 heterocycles. The third kappa shape index (κ3) is 4.00. The zero-order valence-corrected chi connectivity index (χ0v) is 21.3. The van der Waals surface area contributed by atoms with Gasteiger partial charge < -0.3 is 4.74 Å². The standard InChI is InChI=1S/C28H42OSi/c1-9-16-29-26-24(28(6,7)8)17-20(4)18-25(26)30(10-2,11-3)27-21(5)19-22-14-12-13-15-23(22)27/h9,12-13,15,17-18,21-22,27H,1,10-11,14,16,19H2,2-8H3. The first-order valence-electron chi connectivity index (χ1n) is 12.0. The molecule has 0 radical (unpaired) electrons. The lowest BCUT2D eigenvalue weighted by molar-refractivity contribution is 0.353. The molecule has 0 amide bonds. The molecule has 3 unspecified atom stereocenters. The van der Waals surface area contributed by atoms with Crippen LogP contribution < -0.4 is 9.92 Å². The second-order valence-corrected chi connectivity index (χ2v) is 15.5. The van der Waals surface area contributed by atoms with E-state index in [0.29, 0.717) is 12.1 Å². The van der Waals surface area contributed by atoms with Crippen molar-refractivity contribution in [2.45, 2.75) is 84.4 Å². The van der Waals surface area contributed by atoms with Gasteiger partial charge in [-0.05, 0) is 53.3 Å². The van der Waals surface area contributed by atoms with Crippen LogP contribution in [-0.4, -0.2) is 14.7 Å². The summed E-state index contributed by atoms with van der Waals surface area (Å²) in [4.78, 5) is 0. The van der Waals surface area contributed by atoms with Crippen molar-refractivity contribution in [3.63, 3.8) is 0 Å². The molecule has 2 heteroatoms. The van der Waals surface area contributed by atoms with Gasteiger partial charge >= 0.3 is 0 Å². The number of ether oxygens (including phenoxy) is 1. The molecule has 1 fully saturated rings. The van der Waals surface area contributed by atoms with Gasteiger partial charge in [-0.2, -0.15) is 0 Å². The highest BCUT2D eigenvalue weighted by atomic mass is 28.3. The molecule has 0 spiro atoms. The molecule has 0 saturated heterocycles. The Morgan fingerprint density at radius 2 is 1.90 bits per heavy atom. The maximum Gasteiger partial charge on any atom is 0.122 e. The number of allylic oxidation sites excluding steroid dienone is 4. The van der Waals surface area contributed by atoms with Gasteiger partial charge in [0.25, 0.3) is 0 Å². The normalized spacial score (nSPS) is 23.8. The smallest absolute Gasteiger partial charge is 0.122 e. The van der Waals surface area contributed by atoms with Crippen molar-refractivity contribution in [3.8, 4) is 5.75 Å². The monoisotopic (exact) mass is 422 g/mol. The van der Waals surface area contributed by atoms with Crippen LogP contribution in [0.1, 0.15) is 65.5 Å². The molecule has 0 aromatic heterocycles. The molecule has 1 aromatic rings. The summed E-state index contributed by atoms with van der Waals surface area (Å²) >= 11 is 0. The minimum Gasteiger partial charge on any atom is -0.489 e. The van der Waals surface area contributed by atoms with Gasteiger partial charge in [0, 0.05) is 0 Å². The SMILES string of the molecule is C=CCOc1c(C(C)(C)C)cc(C)cc1[Si](CC)(CC)C1C2=CC=CCC2CC1C. The number of hydrogen-bond acceptors (Lipinski definition) is 1. The van der Waals surface area contributed by atoms with Crippen LogP contribution in [0.25, 0.3) is 0 Å². The molecule has 0 N–H and O–H groups in total. The molecule has 30 heavy (non-hydrogen) atoms. The summed E-state index contributed by atoms with van der Waals surface area (Å²) < 4.78 is 6.52. The van der Waals surface area contributed by atoms with Crippen molar-refractivity contribution in [1.82, 2.24) is 0 Å². The first-order valence-corrected chi connectivity index (χ1v) is 14.4. The van der Waals surface area contributed by atoms with E-state index in [1.807, 2.05) is 6.08 Å².